The summed E-state index contributed by atoms with van der Waals surface area (Å²) in [5, 5.41) is 8.92. The number of furan rings is 1. The molecular weight excluding hydrogens is 344 g/mol. The summed E-state index contributed by atoms with van der Waals surface area (Å²) >= 11 is 0. The summed E-state index contributed by atoms with van der Waals surface area (Å²) < 4.78 is 12.8. The molecule has 0 spiro atoms. The molecule has 7 nitrogen and oxygen atoms in total. The van der Waals surface area contributed by atoms with Gasteiger partial charge in [-0.25, -0.2) is 4.98 Å². The van der Waals surface area contributed by atoms with Gasteiger partial charge in [0.1, 0.15) is 17.6 Å². The maximum Gasteiger partial charge on any atom is 0.297 e. The normalized spacial score (nSPS) is 11.4. The summed E-state index contributed by atoms with van der Waals surface area (Å²) in [4.78, 5) is 17.1. The number of nitrogens with zero attached hydrogens (tertiary/aromatic N) is 4. The topological polar surface area (TPSA) is 87.0 Å². The van der Waals surface area contributed by atoms with E-state index in [0.717, 1.165) is 16.5 Å². The van der Waals surface area contributed by atoms with Crippen molar-refractivity contribution < 1.29 is 8.83 Å². The maximum atomic E-state index is 12.8. The minimum Gasteiger partial charge on any atom is -0.448 e. The van der Waals surface area contributed by atoms with Crippen LogP contribution in [0.2, 0.25) is 0 Å². The van der Waals surface area contributed by atoms with E-state index in [1.807, 2.05) is 55.5 Å². The van der Waals surface area contributed by atoms with Gasteiger partial charge in [0.2, 0.25) is 17.4 Å². The Morgan fingerprint density at radius 2 is 1.81 bits per heavy atom. The molecule has 7 heteroatoms. The molecule has 5 rings (SSSR count). The minimum atomic E-state index is -0.286. The van der Waals surface area contributed by atoms with Gasteiger partial charge in [-0.3, -0.25) is 9.36 Å². The number of aryl methyl sites for hydroxylation is 1. The zero-order valence-electron chi connectivity index (χ0n) is 14.4. The average Bonchev–Trinajstić information content (AvgIpc) is 3.30. The number of aromatic nitrogens is 4. The Balaban J connectivity index is 1.51. The SMILES string of the molecule is Cc1ccc(-c2nnc(Cn3cnc4c(oc5ccccc54)c3=O)o2)cc1. The highest BCUT2D eigenvalue weighted by Crippen LogP contribution is 2.24. The molecule has 5 aromatic rings. The molecule has 0 N–H and O–H groups in total. The summed E-state index contributed by atoms with van der Waals surface area (Å²) in [5.41, 5.74) is 3.10. The summed E-state index contributed by atoms with van der Waals surface area (Å²) in [7, 11) is 0. The predicted molar refractivity (Wildman–Crippen MR) is 99.3 cm³/mol. The number of hydrogen-bond donors (Lipinski definition) is 0. The van der Waals surface area contributed by atoms with Crippen molar-refractivity contribution in [3.05, 3.63) is 76.7 Å². The van der Waals surface area contributed by atoms with Gasteiger partial charge in [-0.1, -0.05) is 29.8 Å². The third-order valence-corrected chi connectivity index (χ3v) is 4.42. The van der Waals surface area contributed by atoms with Crippen LogP contribution in [0.25, 0.3) is 33.5 Å². The molecule has 0 radical (unpaired) electrons. The molecule has 0 fully saturated rings. The van der Waals surface area contributed by atoms with Crippen molar-refractivity contribution in [2.75, 3.05) is 0 Å². The van der Waals surface area contributed by atoms with Gasteiger partial charge in [-0.05, 0) is 31.2 Å². The van der Waals surface area contributed by atoms with E-state index >= 15 is 0 Å². The second kappa shape index (κ2) is 5.91. The van der Waals surface area contributed by atoms with E-state index in [0.29, 0.717) is 22.9 Å². The number of fused-ring (bicyclic) bond motifs is 3. The standard InChI is InChI=1S/C20H14N4O3/c1-12-6-8-13(9-7-12)19-23-22-16(27-19)10-24-11-21-17-14-4-2-3-5-15(14)26-18(17)20(24)25/h2-9,11H,10H2,1H3. The van der Waals surface area contributed by atoms with E-state index in [-0.39, 0.29) is 17.7 Å². The van der Waals surface area contributed by atoms with Crippen LogP contribution in [0.1, 0.15) is 11.5 Å². The number of rotatable bonds is 3. The first-order chi connectivity index (χ1) is 13.2. The zero-order valence-corrected chi connectivity index (χ0v) is 14.4. The van der Waals surface area contributed by atoms with Crippen molar-refractivity contribution in [2.45, 2.75) is 13.5 Å². The number of hydrogen-bond acceptors (Lipinski definition) is 6. The fraction of sp³-hybridized carbons (Fsp3) is 0.100. The van der Waals surface area contributed by atoms with Crippen molar-refractivity contribution in [3.8, 4) is 11.5 Å². The van der Waals surface area contributed by atoms with Crippen molar-refractivity contribution >= 4 is 22.1 Å². The van der Waals surface area contributed by atoms with Gasteiger partial charge in [0.25, 0.3) is 5.56 Å². The van der Waals surface area contributed by atoms with Gasteiger partial charge in [0, 0.05) is 10.9 Å². The lowest BCUT2D eigenvalue weighted by Crippen LogP contribution is -2.20. The highest BCUT2D eigenvalue weighted by molar-refractivity contribution is 6.01. The third-order valence-electron chi connectivity index (χ3n) is 4.42. The van der Waals surface area contributed by atoms with Crippen molar-refractivity contribution in [3.63, 3.8) is 0 Å². The molecule has 2 aromatic carbocycles. The van der Waals surface area contributed by atoms with Gasteiger partial charge in [-0.15, -0.1) is 10.2 Å². The van der Waals surface area contributed by atoms with Crippen LogP contribution in [-0.2, 0) is 6.54 Å². The first-order valence-corrected chi connectivity index (χ1v) is 8.45. The molecule has 0 aliphatic carbocycles. The van der Waals surface area contributed by atoms with E-state index < -0.39 is 0 Å². The number of benzene rings is 2. The van der Waals surface area contributed by atoms with E-state index in [2.05, 4.69) is 15.2 Å². The lowest BCUT2D eigenvalue weighted by molar-refractivity contribution is 0.482. The Bertz CT molecular complexity index is 1330. The highest BCUT2D eigenvalue weighted by atomic mass is 16.4. The van der Waals surface area contributed by atoms with Crippen LogP contribution in [0.5, 0.6) is 0 Å². The van der Waals surface area contributed by atoms with Gasteiger partial charge in [0.05, 0.1) is 6.33 Å². The molecule has 27 heavy (non-hydrogen) atoms. The van der Waals surface area contributed by atoms with Gasteiger partial charge >= 0.3 is 0 Å². The average molecular weight is 358 g/mol. The van der Waals surface area contributed by atoms with Crippen molar-refractivity contribution in [1.29, 1.82) is 0 Å². The van der Waals surface area contributed by atoms with Crippen LogP contribution in [-0.4, -0.2) is 19.7 Å². The monoisotopic (exact) mass is 358 g/mol. The molecule has 0 aliphatic heterocycles. The largest absolute Gasteiger partial charge is 0.448 e. The van der Waals surface area contributed by atoms with Gasteiger partial charge in [-0.2, -0.15) is 0 Å². The second-order valence-electron chi connectivity index (χ2n) is 6.32. The van der Waals surface area contributed by atoms with Gasteiger partial charge < -0.3 is 8.83 Å². The number of para-hydroxylation sites is 1. The molecule has 0 atom stereocenters. The van der Waals surface area contributed by atoms with Crippen LogP contribution < -0.4 is 5.56 Å². The Morgan fingerprint density at radius 3 is 2.67 bits per heavy atom. The van der Waals surface area contributed by atoms with Crippen LogP contribution >= 0.6 is 0 Å². The highest BCUT2D eigenvalue weighted by Gasteiger charge is 2.15. The first-order valence-electron chi connectivity index (χ1n) is 8.45. The molecule has 0 amide bonds. The summed E-state index contributed by atoms with van der Waals surface area (Å²) in [6.07, 6.45) is 1.47. The van der Waals surface area contributed by atoms with E-state index in [1.54, 1.807) is 0 Å². The summed E-state index contributed by atoms with van der Waals surface area (Å²) in [5.74, 6) is 0.737. The fourth-order valence-corrected chi connectivity index (χ4v) is 3.00. The molecule has 0 saturated heterocycles. The van der Waals surface area contributed by atoms with Crippen LogP contribution in [0.3, 0.4) is 0 Å². The Kier molecular flexibility index (Phi) is 3.39. The fourth-order valence-electron chi connectivity index (χ4n) is 3.00. The minimum absolute atomic E-state index is 0.123. The van der Waals surface area contributed by atoms with Crippen LogP contribution in [0.15, 0.2) is 68.5 Å². The van der Waals surface area contributed by atoms with E-state index in [1.165, 1.54) is 10.9 Å². The van der Waals surface area contributed by atoms with Crippen molar-refractivity contribution in [1.82, 2.24) is 19.7 Å². The van der Waals surface area contributed by atoms with E-state index in [4.69, 9.17) is 8.83 Å². The molecule has 0 aliphatic rings. The van der Waals surface area contributed by atoms with Crippen LogP contribution in [0, 0.1) is 6.92 Å². The molecule has 3 heterocycles. The summed E-state index contributed by atoms with van der Waals surface area (Å²) in [6.45, 7) is 2.13. The lowest BCUT2D eigenvalue weighted by Gasteiger charge is -2.00. The first kappa shape index (κ1) is 15.5. The third kappa shape index (κ3) is 2.60. The molecule has 132 valence electrons. The van der Waals surface area contributed by atoms with Gasteiger partial charge in [0.15, 0.2) is 0 Å². The zero-order chi connectivity index (χ0) is 18.4. The van der Waals surface area contributed by atoms with Crippen molar-refractivity contribution in [2.24, 2.45) is 0 Å². The van der Waals surface area contributed by atoms with E-state index in [9.17, 15) is 4.79 Å². The quantitative estimate of drug-likeness (QED) is 0.490. The maximum absolute atomic E-state index is 12.8. The Labute approximate surface area is 152 Å². The van der Waals surface area contributed by atoms with Crippen LogP contribution in [0.4, 0.5) is 0 Å². The molecule has 0 bridgehead atoms. The Hall–Kier alpha value is -3.74. The molecular formula is C20H14N4O3. The Morgan fingerprint density at radius 1 is 1.00 bits per heavy atom. The lowest BCUT2D eigenvalue weighted by atomic mass is 10.1. The predicted octanol–water partition coefficient (Wildman–Crippen LogP) is 3.55. The summed E-state index contributed by atoms with van der Waals surface area (Å²) in [6, 6.07) is 15.2. The molecule has 0 saturated carbocycles. The molecule has 0 unspecified atom stereocenters. The smallest absolute Gasteiger partial charge is 0.297 e. The second-order valence-corrected chi connectivity index (χ2v) is 6.32. The molecule has 3 aromatic heterocycles.